The van der Waals surface area contributed by atoms with Crippen molar-refractivity contribution >= 4 is 5.91 Å². The monoisotopic (exact) mass is 318 g/mol. The maximum atomic E-state index is 12.7. The van der Waals surface area contributed by atoms with Gasteiger partial charge in [0.25, 0.3) is 5.91 Å². The molecule has 0 unspecified atom stereocenters. The highest BCUT2D eigenvalue weighted by Crippen LogP contribution is 2.31. The van der Waals surface area contributed by atoms with Crippen LogP contribution in [0.2, 0.25) is 0 Å². The van der Waals surface area contributed by atoms with Gasteiger partial charge in [-0.3, -0.25) is 9.69 Å². The van der Waals surface area contributed by atoms with Crippen molar-refractivity contribution < 1.29 is 9.90 Å². The van der Waals surface area contributed by atoms with Crippen molar-refractivity contribution in [3.8, 4) is 0 Å². The number of rotatable bonds is 4. The van der Waals surface area contributed by atoms with Crippen LogP contribution in [-0.4, -0.2) is 62.6 Å². The number of hydrogen-bond acceptors (Lipinski definition) is 5. The van der Waals surface area contributed by atoms with Gasteiger partial charge < -0.3 is 10.0 Å². The number of likely N-dealkylation sites (N-methyl/N-ethyl adjacent to an activating group) is 1. The van der Waals surface area contributed by atoms with Crippen molar-refractivity contribution in [1.82, 2.24) is 19.8 Å². The largest absolute Gasteiger partial charge is 0.380 e. The molecule has 2 fully saturated rings. The van der Waals surface area contributed by atoms with E-state index >= 15 is 0 Å². The second-order valence-corrected chi connectivity index (χ2v) is 6.87. The van der Waals surface area contributed by atoms with E-state index in [0.29, 0.717) is 32.0 Å². The Balaban J connectivity index is 1.56. The molecule has 1 amide bonds. The van der Waals surface area contributed by atoms with Crippen molar-refractivity contribution in [2.45, 2.75) is 56.7 Å². The second-order valence-electron chi connectivity index (χ2n) is 6.87. The molecule has 1 aromatic rings. The second kappa shape index (κ2) is 6.93. The van der Waals surface area contributed by atoms with Crippen LogP contribution in [0.4, 0.5) is 0 Å². The van der Waals surface area contributed by atoms with Gasteiger partial charge in [-0.15, -0.1) is 0 Å². The molecule has 23 heavy (non-hydrogen) atoms. The van der Waals surface area contributed by atoms with E-state index in [-0.39, 0.29) is 5.91 Å². The normalized spacial score (nSPS) is 24.1. The van der Waals surface area contributed by atoms with Crippen LogP contribution in [0.5, 0.6) is 0 Å². The van der Waals surface area contributed by atoms with E-state index in [1.807, 2.05) is 18.0 Å². The number of hydrogen-bond donors (Lipinski definition) is 1. The number of nitrogens with zero attached hydrogens (tertiary/aromatic N) is 4. The molecule has 0 aromatic carbocycles. The van der Waals surface area contributed by atoms with Crippen molar-refractivity contribution in [2.24, 2.45) is 0 Å². The minimum atomic E-state index is -1.12. The summed E-state index contributed by atoms with van der Waals surface area (Å²) < 4.78 is 0. The highest BCUT2D eigenvalue weighted by molar-refractivity contribution is 5.85. The summed E-state index contributed by atoms with van der Waals surface area (Å²) in [5.74, 6) is 0.731. The van der Waals surface area contributed by atoms with Gasteiger partial charge in [-0.2, -0.15) is 0 Å². The Morgan fingerprint density at radius 2 is 2.04 bits per heavy atom. The average molecular weight is 318 g/mol. The smallest absolute Gasteiger partial charge is 0.254 e. The number of aliphatic hydroxyl groups is 1. The predicted octanol–water partition coefficient (Wildman–Crippen LogP) is 1.20. The number of carbonyl (C=O) groups excluding carboxylic acids is 1. The first-order chi connectivity index (χ1) is 11.1. The molecule has 0 radical (unpaired) electrons. The standard InChI is InChI=1S/C17H26N4O2/c1-20(13-15-18-9-5-10-19-15)14-6-11-21(12-14)16(22)17(23)7-3-2-4-8-17/h5,9-10,14,23H,2-4,6-8,11-13H2,1H3/t14-/m1/s1. The van der Waals surface area contributed by atoms with E-state index < -0.39 is 5.60 Å². The minimum absolute atomic E-state index is 0.0657. The van der Waals surface area contributed by atoms with Gasteiger partial charge in [0.15, 0.2) is 0 Å². The fraction of sp³-hybridized carbons (Fsp3) is 0.706. The van der Waals surface area contributed by atoms with Crippen molar-refractivity contribution in [1.29, 1.82) is 0 Å². The van der Waals surface area contributed by atoms with Crippen molar-refractivity contribution in [3.63, 3.8) is 0 Å². The molecule has 2 heterocycles. The van der Waals surface area contributed by atoms with Gasteiger partial charge in [-0.25, -0.2) is 9.97 Å². The third-order valence-electron chi connectivity index (χ3n) is 5.16. The molecule has 1 aromatic heterocycles. The highest BCUT2D eigenvalue weighted by Gasteiger charge is 2.42. The lowest BCUT2D eigenvalue weighted by Crippen LogP contribution is -2.50. The number of amides is 1. The summed E-state index contributed by atoms with van der Waals surface area (Å²) in [6.07, 6.45) is 8.68. The molecule has 126 valence electrons. The zero-order valence-corrected chi connectivity index (χ0v) is 13.8. The van der Waals surface area contributed by atoms with Gasteiger partial charge in [-0.05, 0) is 32.4 Å². The van der Waals surface area contributed by atoms with Crippen LogP contribution in [0.3, 0.4) is 0 Å². The fourth-order valence-corrected chi connectivity index (χ4v) is 3.69. The number of aromatic nitrogens is 2. The third kappa shape index (κ3) is 3.70. The van der Waals surface area contributed by atoms with Crippen LogP contribution in [0.1, 0.15) is 44.3 Å². The Hall–Kier alpha value is -1.53. The van der Waals surface area contributed by atoms with Crippen LogP contribution in [0.15, 0.2) is 18.5 Å². The molecule has 0 spiro atoms. The molecule has 0 bridgehead atoms. The third-order valence-corrected chi connectivity index (χ3v) is 5.16. The van der Waals surface area contributed by atoms with Crippen LogP contribution < -0.4 is 0 Å². The quantitative estimate of drug-likeness (QED) is 0.903. The number of carbonyl (C=O) groups is 1. The Bertz CT molecular complexity index is 531. The lowest BCUT2D eigenvalue weighted by atomic mass is 9.84. The average Bonchev–Trinajstić information content (AvgIpc) is 3.06. The molecule has 2 aliphatic rings. The topological polar surface area (TPSA) is 69.6 Å². The zero-order valence-electron chi connectivity index (χ0n) is 13.8. The Morgan fingerprint density at radius 1 is 1.35 bits per heavy atom. The highest BCUT2D eigenvalue weighted by atomic mass is 16.3. The zero-order chi connectivity index (χ0) is 16.3. The molecular weight excluding hydrogens is 292 g/mol. The van der Waals surface area contributed by atoms with E-state index in [2.05, 4.69) is 14.9 Å². The molecule has 1 saturated carbocycles. The maximum absolute atomic E-state index is 12.7. The van der Waals surface area contributed by atoms with Crippen LogP contribution >= 0.6 is 0 Å². The maximum Gasteiger partial charge on any atom is 0.254 e. The summed E-state index contributed by atoms with van der Waals surface area (Å²) in [6, 6.07) is 2.11. The molecular formula is C17H26N4O2. The molecule has 6 nitrogen and oxygen atoms in total. The first kappa shape index (κ1) is 16.3. The van der Waals surface area contributed by atoms with E-state index in [4.69, 9.17) is 0 Å². The molecule has 6 heteroatoms. The predicted molar refractivity (Wildman–Crippen MR) is 86.5 cm³/mol. The summed E-state index contributed by atoms with van der Waals surface area (Å²) >= 11 is 0. The van der Waals surface area contributed by atoms with E-state index in [1.54, 1.807) is 12.4 Å². The summed E-state index contributed by atoms with van der Waals surface area (Å²) in [4.78, 5) is 25.2. The fourth-order valence-electron chi connectivity index (χ4n) is 3.69. The van der Waals surface area contributed by atoms with E-state index in [1.165, 1.54) is 0 Å². The molecule has 1 saturated heterocycles. The summed E-state index contributed by atoms with van der Waals surface area (Å²) in [6.45, 7) is 2.09. The lowest BCUT2D eigenvalue weighted by molar-refractivity contribution is -0.153. The Kier molecular flexibility index (Phi) is 4.92. The summed E-state index contributed by atoms with van der Waals surface area (Å²) in [5, 5.41) is 10.6. The van der Waals surface area contributed by atoms with Crippen LogP contribution in [0.25, 0.3) is 0 Å². The van der Waals surface area contributed by atoms with E-state index in [0.717, 1.165) is 38.1 Å². The minimum Gasteiger partial charge on any atom is -0.380 e. The SMILES string of the molecule is CN(Cc1ncccn1)[C@@H]1CCN(C(=O)C2(O)CCCCC2)C1. The lowest BCUT2D eigenvalue weighted by Gasteiger charge is -2.34. The molecule has 1 atom stereocenters. The van der Waals surface area contributed by atoms with Gasteiger partial charge in [0, 0.05) is 31.5 Å². The molecule has 1 N–H and O–H groups in total. The van der Waals surface area contributed by atoms with Gasteiger partial charge in [0.1, 0.15) is 11.4 Å². The first-order valence-corrected chi connectivity index (χ1v) is 8.56. The molecule has 3 rings (SSSR count). The Labute approximate surface area is 137 Å². The summed E-state index contributed by atoms with van der Waals surface area (Å²) in [7, 11) is 2.05. The van der Waals surface area contributed by atoms with Gasteiger partial charge in [0.2, 0.25) is 0 Å². The first-order valence-electron chi connectivity index (χ1n) is 8.56. The van der Waals surface area contributed by atoms with Gasteiger partial charge in [-0.1, -0.05) is 19.3 Å². The molecule has 1 aliphatic heterocycles. The van der Waals surface area contributed by atoms with Crippen LogP contribution in [0, 0.1) is 0 Å². The number of likely N-dealkylation sites (tertiary alicyclic amines) is 1. The van der Waals surface area contributed by atoms with Gasteiger partial charge in [0.05, 0.1) is 6.54 Å². The van der Waals surface area contributed by atoms with Crippen molar-refractivity contribution in [2.75, 3.05) is 20.1 Å². The molecule has 1 aliphatic carbocycles. The van der Waals surface area contributed by atoms with Crippen LogP contribution in [-0.2, 0) is 11.3 Å². The van der Waals surface area contributed by atoms with Crippen molar-refractivity contribution in [3.05, 3.63) is 24.3 Å². The summed E-state index contributed by atoms with van der Waals surface area (Å²) in [5.41, 5.74) is -1.12. The Morgan fingerprint density at radius 3 is 2.74 bits per heavy atom. The van der Waals surface area contributed by atoms with E-state index in [9.17, 15) is 9.90 Å². The van der Waals surface area contributed by atoms with Gasteiger partial charge >= 0.3 is 0 Å².